The Balaban J connectivity index is 1.28. The van der Waals surface area contributed by atoms with Crippen LogP contribution in [0, 0.1) is 13.8 Å². The molecule has 2 heterocycles. The van der Waals surface area contributed by atoms with Crippen LogP contribution in [0.1, 0.15) is 27.3 Å². The highest BCUT2D eigenvalue weighted by atomic mass is 16.6. The van der Waals surface area contributed by atoms with Crippen molar-refractivity contribution in [3.05, 3.63) is 77.1 Å². The van der Waals surface area contributed by atoms with Crippen LogP contribution in [0.4, 0.5) is 0 Å². The Labute approximate surface area is 186 Å². The van der Waals surface area contributed by atoms with E-state index in [1.807, 2.05) is 66.9 Å². The smallest absolute Gasteiger partial charge is 0.340 e. The number of aryl methyl sites for hydroxylation is 1. The van der Waals surface area contributed by atoms with Gasteiger partial charge in [0, 0.05) is 23.6 Å². The second-order valence-electron chi connectivity index (χ2n) is 7.61. The third kappa shape index (κ3) is 4.77. The summed E-state index contributed by atoms with van der Waals surface area (Å²) in [6, 6.07) is 17.3. The Morgan fingerprint density at radius 2 is 1.75 bits per heavy atom. The number of hydrogen-bond acceptors (Lipinski definition) is 5. The molecule has 0 radical (unpaired) electrons. The standard InChI is InChI=1S/C25H26N2O5/c1-17-14-21(18(2)27(17)20-6-4-3-5-7-20)25(29)32-16-24(28)26-11-10-19-8-9-22-23(15-19)31-13-12-30-22/h3-9,14-15H,10-13,16H2,1-2H3,(H,26,28). The maximum atomic E-state index is 12.6. The summed E-state index contributed by atoms with van der Waals surface area (Å²) in [7, 11) is 0. The van der Waals surface area contributed by atoms with Crippen LogP contribution in [0.15, 0.2) is 54.6 Å². The second-order valence-corrected chi connectivity index (χ2v) is 7.61. The quantitative estimate of drug-likeness (QED) is 0.577. The molecule has 0 saturated heterocycles. The van der Waals surface area contributed by atoms with Gasteiger partial charge < -0.3 is 24.1 Å². The van der Waals surface area contributed by atoms with Crippen molar-refractivity contribution in [3.8, 4) is 17.2 Å². The van der Waals surface area contributed by atoms with Crippen LogP contribution in [0.25, 0.3) is 5.69 Å². The summed E-state index contributed by atoms with van der Waals surface area (Å²) in [6.45, 7) is 4.99. The number of benzene rings is 2. The molecular formula is C25H26N2O5. The van der Waals surface area contributed by atoms with Gasteiger partial charge in [0.1, 0.15) is 13.2 Å². The number of carbonyl (C=O) groups excluding carboxylic acids is 2. The molecule has 2 aromatic carbocycles. The number of carbonyl (C=O) groups is 2. The summed E-state index contributed by atoms with van der Waals surface area (Å²) in [6.07, 6.45) is 0.633. The molecule has 0 saturated carbocycles. The van der Waals surface area contributed by atoms with Gasteiger partial charge >= 0.3 is 5.97 Å². The molecule has 7 heteroatoms. The number of aromatic nitrogens is 1. The molecule has 1 aromatic heterocycles. The van der Waals surface area contributed by atoms with Gasteiger partial charge in [-0.1, -0.05) is 24.3 Å². The highest BCUT2D eigenvalue weighted by Gasteiger charge is 2.19. The summed E-state index contributed by atoms with van der Waals surface area (Å²) in [5, 5.41) is 2.78. The molecule has 166 valence electrons. The van der Waals surface area contributed by atoms with Crippen molar-refractivity contribution in [2.24, 2.45) is 0 Å². The maximum absolute atomic E-state index is 12.6. The topological polar surface area (TPSA) is 78.8 Å². The molecule has 1 aliphatic heterocycles. The number of rotatable bonds is 7. The fourth-order valence-corrected chi connectivity index (χ4v) is 3.79. The van der Waals surface area contributed by atoms with Crippen LogP contribution in [-0.2, 0) is 16.0 Å². The monoisotopic (exact) mass is 434 g/mol. The van der Waals surface area contributed by atoms with Gasteiger partial charge in [0.05, 0.1) is 5.56 Å². The van der Waals surface area contributed by atoms with Crippen molar-refractivity contribution in [1.29, 1.82) is 0 Å². The Hall–Kier alpha value is -3.74. The van der Waals surface area contributed by atoms with Gasteiger partial charge in [-0.3, -0.25) is 4.79 Å². The zero-order valence-electron chi connectivity index (χ0n) is 18.2. The molecule has 1 aliphatic rings. The van der Waals surface area contributed by atoms with E-state index < -0.39 is 5.97 Å². The first-order valence-electron chi connectivity index (χ1n) is 10.6. The molecule has 4 rings (SSSR count). The van der Waals surface area contributed by atoms with E-state index in [0.29, 0.717) is 31.7 Å². The predicted octanol–water partition coefficient (Wildman–Crippen LogP) is 3.38. The SMILES string of the molecule is Cc1cc(C(=O)OCC(=O)NCCc2ccc3c(c2)OCCO3)c(C)n1-c1ccccc1. The van der Waals surface area contributed by atoms with Crippen LogP contribution in [0.5, 0.6) is 11.5 Å². The summed E-state index contributed by atoms with van der Waals surface area (Å²) in [5.41, 5.74) is 4.15. The fourth-order valence-electron chi connectivity index (χ4n) is 3.79. The third-order valence-corrected chi connectivity index (χ3v) is 5.34. The minimum atomic E-state index is -0.512. The highest BCUT2D eigenvalue weighted by molar-refractivity contribution is 5.93. The number of nitrogens with zero attached hydrogens (tertiary/aromatic N) is 1. The average Bonchev–Trinajstić information content (AvgIpc) is 3.11. The van der Waals surface area contributed by atoms with Crippen molar-refractivity contribution in [1.82, 2.24) is 9.88 Å². The van der Waals surface area contributed by atoms with Crippen molar-refractivity contribution >= 4 is 11.9 Å². The van der Waals surface area contributed by atoms with Crippen LogP contribution in [-0.4, -0.2) is 42.8 Å². The van der Waals surface area contributed by atoms with E-state index in [9.17, 15) is 9.59 Å². The second kappa shape index (κ2) is 9.60. The number of para-hydroxylation sites is 1. The van der Waals surface area contributed by atoms with Gasteiger partial charge in [-0.25, -0.2) is 4.79 Å². The van der Waals surface area contributed by atoms with E-state index in [0.717, 1.165) is 34.1 Å². The number of esters is 1. The molecule has 0 unspecified atom stereocenters. The Morgan fingerprint density at radius 3 is 2.53 bits per heavy atom. The number of ether oxygens (including phenoxy) is 3. The molecule has 3 aromatic rings. The van der Waals surface area contributed by atoms with Crippen LogP contribution in [0.2, 0.25) is 0 Å². The molecule has 0 aliphatic carbocycles. The summed E-state index contributed by atoms with van der Waals surface area (Å²) in [5.74, 6) is 0.611. The lowest BCUT2D eigenvalue weighted by molar-refractivity contribution is -0.124. The summed E-state index contributed by atoms with van der Waals surface area (Å²) in [4.78, 5) is 24.7. The minimum Gasteiger partial charge on any atom is -0.486 e. The first-order chi connectivity index (χ1) is 15.5. The van der Waals surface area contributed by atoms with E-state index in [-0.39, 0.29) is 12.5 Å². The van der Waals surface area contributed by atoms with E-state index in [2.05, 4.69) is 5.32 Å². The van der Waals surface area contributed by atoms with E-state index in [4.69, 9.17) is 14.2 Å². The number of amides is 1. The Kier molecular flexibility index (Phi) is 6.44. The Morgan fingerprint density at radius 1 is 1.00 bits per heavy atom. The van der Waals surface area contributed by atoms with Gasteiger partial charge in [-0.2, -0.15) is 0 Å². The van der Waals surface area contributed by atoms with Gasteiger partial charge in [0.15, 0.2) is 18.1 Å². The molecule has 1 amide bonds. The van der Waals surface area contributed by atoms with Crippen molar-refractivity contribution < 1.29 is 23.8 Å². The molecule has 0 atom stereocenters. The fraction of sp³-hybridized carbons (Fsp3) is 0.280. The van der Waals surface area contributed by atoms with E-state index in [1.54, 1.807) is 6.07 Å². The molecular weight excluding hydrogens is 408 g/mol. The minimum absolute atomic E-state index is 0.324. The predicted molar refractivity (Wildman–Crippen MR) is 120 cm³/mol. The molecule has 1 N–H and O–H groups in total. The summed E-state index contributed by atoms with van der Waals surface area (Å²) < 4.78 is 18.3. The molecule has 0 bridgehead atoms. The van der Waals surface area contributed by atoms with Crippen molar-refractivity contribution in [3.63, 3.8) is 0 Å². The first kappa shape index (κ1) is 21.5. The highest BCUT2D eigenvalue weighted by Crippen LogP contribution is 2.30. The van der Waals surface area contributed by atoms with Gasteiger partial charge in [-0.15, -0.1) is 0 Å². The van der Waals surface area contributed by atoms with E-state index >= 15 is 0 Å². The molecule has 7 nitrogen and oxygen atoms in total. The van der Waals surface area contributed by atoms with Gasteiger partial charge in [0.2, 0.25) is 0 Å². The molecule has 32 heavy (non-hydrogen) atoms. The lowest BCUT2D eigenvalue weighted by Crippen LogP contribution is -2.30. The number of fused-ring (bicyclic) bond motifs is 1. The van der Waals surface area contributed by atoms with Gasteiger partial charge in [-0.05, 0) is 56.2 Å². The lowest BCUT2D eigenvalue weighted by atomic mass is 10.1. The summed E-state index contributed by atoms with van der Waals surface area (Å²) >= 11 is 0. The first-order valence-corrected chi connectivity index (χ1v) is 10.6. The van der Waals surface area contributed by atoms with E-state index in [1.165, 1.54) is 0 Å². The van der Waals surface area contributed by atoms with Crippen LogP contribution in [0.3, 0.4) is 0 Å². The van der Waals surface area contributed by atoms with Crippen LogP contribution < -0.4 is 14.8 Å². The number of nitrogens with one attached hydrogen (secondary N) is 1. The normalized spacial score (nSPS) is 12.3. The molecule has 0 fully saturated rings. The Bertz CT molecular complexity index is 1120. The van der Waals surface area contributed by atoms with Gasteiger partial charge in [0.25, 0.3) is 5.91 Å². The maximum Gasteiger partial charge on any atom is 0.340 e. The van der Waals surface area contributed by atoms with Crippen molar-refractivity contribution in [2.75, 3.05) is 26.4 Å². The lowest BCUT2D eigenvalue weighted by Gasteiger charge is -2.18. The van der Waals surface area contributed by atoms with Crippen molar-refractivity contribution in [2.45, 2.75) is 20.3 Å². The largest absolute Gasteiger partial charge is 0.486 e. The average molecular weight is 434 g/mol. The zero-order chi connectivity index (χ0) is 22.5. The zero-order valence-corrected chi connectivity index (χ0v) is 18.2. The molecule has 0 spiro atoms. The van der Waals surface area contributed by atoms with Crippen LogP contribution >= 0.6 is 0 Å². The number of hydrogen-bond donors (Lipinski definition) is 1. The third-order valence-electron chi connectivity index (χ3n) is 5.34.